The SMILES string of the molecule is CCOC(=O)c1c(-c2ccc(OCC)cc2)csc1NC(=O)NC1CCCCC1. The van der Waals surface area contributed by atoms with Gasteiger partial charge in [-0.1, -0.05) is 31.4 Å². The highest BCUT2D eigenvalue weighted by atomic mass is 32.1. The van der Waals surface area contributed by atoms with Crippen LogP contribution in [0.4, 0.5) is 9.80 Å². The summed E-state index contributed by atoms with van der Waals surface area (Å²) in [6.45, 7) is 4.56. The van der Waals surface area contributed by atoms with Crippen LogP contribution in [0.25, 0.3) is 11.1 Å². The van der Waals surface area contributed by atoms with E-state index in [9.17, 15) is 9.59 Å². The summed E-state index contributed by atoms with van der Waals surface area (Å²) in [4.78, 5) is 25.1. The molecule has 1 aliphatic rings. The maximum atomic E-state index is 12.6. The highest BCUT2D eigenvalue weighted by Crippen LogP contribution is 2.37. The van der Waals surface area contributed by atoms with E-state index in [-0.39, 0.29) is 18.7 Å². The van der Waals surface area contributed by atoms with Crippen molar-refractivity contribution >= 4 is 28.3 Å². The van der Waals surface area contributed by atoms with Gasteiger partial charge in [0, 0.05) is 17.0 Å². The van der Waals surface area contributed by atoms with E-state index in [1.54, 1.807) is 6.92 Å². The fourth-order valence-corrected chi connectivity index (χ4v) is 4.49. The number of esters is 1. The Labute approximate surface area is 175 Å². The van der Waals surface area contributed by atoms with E-state index < -0.39 is 5.97 Å². The number of hydrogen-bond acceptors (Lipinski definition) is 5. The highest BCUT2D eigenvalue weighted by Gasteiger charge is 2.24. The number of thiophene rings is 1. The standard InChI is InChI=1S/C22H28N2O4S/c1-3-27-17-12-10-15(11-13-17)18-14-29-20(19(18)21(25)28-4-2)24-22(26)23-16-8-6-5-7-9-16/h10-14,16H,3-9H2,1-2H3,(H2,23,24,26). The lowest BCUT2D eigenvalue weighted by Gasteiger charge is -2.22. The number of amides is 2. The molecule has 1 aromatic carbocycles. The van der Waals surface area contributed by atoms with Crippen molar-refractivity contribution in [3.05, 3.63) is 35.2 Å². The fraction of sp³-hybridized carbons (Fsp3) is 0.455. The Morgan fingerprint density at radius 1 is 1.07 bits per heavy atom. The predicted octanol–water partition coefficient (Wildman–Crippen LogP) is 5.44. The number of benzene rings is 1. The van der Waals surface area contributed by atoms with Crippen LogP contribution in [0.1, 0.15) is 56.3 Å². The van der Waals surface area contributed by atoms with Gasteiger partial charge < -0.3 is 14.8 Å². The number of ether oxygens (including phenoxy) is 2. The average Bonchev–Trinajstić information content (AvgIpc) is 3.13. The van der Waals surface area contributed by atoms with Crippen molar-refractivity contribution in [2.75, 3.05) is 18.5 Å². The molecule has 0 atom stereocenters. The molecule has 1 aromatic heterocycles. The molecule has 1 saturated carbocycles. The molecule has 6 nitrogen and oxygen atoms in total. The number of carbonyl (C=O) groups excluding carboxylic acids is 2. The van der Waals surface area contributed by atoms with Crippen LogP contribution in [-0.4, -0.2) is 31.3 Å². The Hall–Kier alpha value is -2.54. The molecule has 1 fully saturated rings. The van der Waals surface area contributed by atoms with Gasteiger partial charge in [0.15, 0.2) is 0 Å². The summed E-state index contributed by atoms with van der Waals surface area (Å²) in [6.07, 6.45) is 5.50. The van der Waals surface area contributed by atoms with Crippen molar-refractivity contribution in [3.8, 4) is 16.9 Å². The van der Waals surface area contributed by atoms with Gasteiger partial charge in [-0.3, -0.25) is 5.32 Å². The molecule has 0 bridgehead atoms. The maximum Gasteiger partial charge on any atom is 0.341 e. The summed E-state index contributed by atoms with van der Waals surface area (Å²) in [5.41, 5.74) is 2.00. The van der Waals surface area contributed by atoms with E-state index in [2.05, 4.69) is 10.6 Å². The Balaban J connectivity index is 1.81. The highest BCUT2D eigenvalue weighted by molar-refractivity contribution is 7.15. The Morgan fingerprint density at radius 3 is 2.45 bits per heavy atom. The van der Waals surface area contributed by atoms with Gasteiger partial charge in [-0.15, -0.1) is 11.3 Å². The van der Waals surface area contributed by atoms with Crippen LogP contribution in [-0.2, 0) is 4.74 Å². The number of urea groups is 1. The van der Waals surface area contributed by atoms with Crippen LogP contribution in [0.3, 0.4) is 0 Å². The zero-order valence-electron chi connectivity index (χ0n) is 17.0. The molecule has 1 aliphatic carbocycles. The molecule has 0 radical (unpaired) electrons. The van der Waals surface area contributed by atoms with Crippen LogP contribution in [0.15, 0.2) is 29.6 Å². The lowest BCUT2D eigenvalue weighted by atomic mass is 9.96. The van der Waals surface area contributed by atoms with E-state index >= 15 is 0 Å². The van der Waals surface area contributed by atoms with Crippen LogP contribution in [0.2, 0.25) is 0 Å². The van der Waals surface area contributed by atoms with Crippen molar-refractivity contribution in [2.24, 2.45) is 0 Å². The first-order chi connectivity index (χ1) is 14.1. The maximum absolute atomic E-state index is 12.6. The van der Waals surface area contributed by atoms with Gasteiger partial charge in [0.25, 0.3) is 0 Å². The first-order valence-corrected chi connectivity index (χ1v) is 11.1. The molecule has 156 valence electrons. The molecule has 0 aliphatic heterocycles. The van der Waals surface area contributed by atoms with Gasteiger partial charge in [-0.2, -0.15) is 0 Å². The van der Waals surface area contributed by atoms with Crippen LogP contribution in [0, 0.1) is 0 Å². The quantitative estimate of drug-likeness (QED) is 0.589. The van der Waals surface area contributed by atoms with Gasteiger partial charge in [-0.25, -0.2) is 9.59 Å². The van der Waals surface area contributed by atoms with Gasteiger partial charge in [0.1, 0.15) is 16.3 Å². The minimum Gasteiger partial charge on any atom is -0.494 e. The van der Waals surface area contributed by atoms with E-state index in [4.69, 9.17) is 9.47 Å². The summed E-state index contributed by atoms with van der Waals surface area (Å²) in [7, 11) is 0. The molecule has 2 aromatic rings. The molecule has 0 saturated heterocycles. The molecule has 2 N–H and O–H groups in total. The van der Waals surface area contributed by atoms with Gasteiger partial charge in [0.05, 0.1) is 13.2 Å². The topological polar surface area (TPSA) is 76.7 Å². The minimum atomic E-state index is -0.439. The van der Waals surface area contributed by atoms with Gasteiger partial charge >= 0.3 is 12.0 Å². The second-order valence-electron chi connectivity index (χ2n) is 6.96. The molecule has 7 heteroatoms. The monoisotopic (exact) mass is 416 g/mol. The fourth-order valence-electron chi connectivity index (χ4n) is 3.54. The largest absolute Gasteiger partial charge is 0.494 e. The summed E-state index contributed by atoms with van der Waals surface area (Å²) < 4.78 is 10.7. The molecule has 0 unspecified atom stereocenters. The summed E-state index contributed by atoms with van der Waals surface area (Å²) in [5.74, 6) is 0.333. The molecule has 29 heavy (non-hydrogen) atoms. The second kappa shape index (κ2) is 10.3. The first-order valence-electron chi connectivity index (χ1n) is 10.2. The Kier molecular flexibility index (Phi) is 7.52. The molecule has 1 heterocycles. The van der Waals surface area contributed by atoms with Crippen molar-refractivity contribution in [1.82, 2.24) is 5.32 Å². The Bertz CT molecular complexity index is 826. The molecule has 0 spiro atoms. The lowest BCUT2D eigenvalue weighted by molar-refractivity contribution is 0.0529. The molecule has 3 rings (SSSR count). The number of rotatable bonds is 7. The van der Waals surface area contributed by atoms with Crippen molar-refractivity contribution in [1.29, 1.82) is 0 Å². The third kappa shape index (κ3) is 5.50. The molecule has 2 amide bonds. The number of anilines is 1. The summed E-state index contributed by atoms with van der Waals surface area (Å²) >= 11 is 1.33. The number of carbonyl (C=O) groups is 2. The molecular weight excluding hydrogens is 388 g/mol. The Morgan fingerprint density at radius 2 is 1.79 bits per heavy atom. The van der Waals surface area contributed by atoms with Crippen LogP contribution in [0.5, 0.6) is 5.75 Å². The smallest absolute Gasteiger partial charge is 0.341 e. The lowest BCUT2D eigenvalue weighted by Crippen LogP contribution is -2.39. The third-order valence-corrected chi connectivity index (χ3v) is 5.81. The van der Waals surface area contributed by atoms with Gasteiger partial charge in [-0.05, 0) is 44.4 Å². The summed E-state index contributed by atoms with van der Waals surface area (Å²) in [6, 6.07) is 7.47. The van der Waals surface area contributed by atoms with Crippen molar-refractivity contribution in [3.63, 3.8) is 0 Å². The van der Waals surface area contributed by atoms with Crippen molar-refractivity contribution in [2.45, 2.75) is 52.0 Å². The normalized spacial score (nSPS) is 14.3. The number of nitrogens with one attached hydrogen (secondary N) is 2. The summed E-state index contributed by atoms with van der Waals surface area (Å²) in [5, 5.41) is 8.26. The van der Waals surface area contributed by atoms with Crippen LogP contribution >= 0.6 is 11.3 Å². The zero-order valence-corrected chi connectivity index (χ0v) is 17.8. The zero-order chi connectivity index (χ0) is 20.6. The predicted molar refractivity (Wildman–Crippen MR) is 116 cm³/mol. The number of hydrogen-bond donors (Lipinski definition) is 2. The third-order valence-electron chi connectivity index (χ3n) is 4.91. The first kappa shape index (κ1) is 21.2. The van der Waals surface area contributed by atoms with E-state index in [1.807, 2.05) is 36.6 Å². The van der Waals surface area contributed by atoms with Crippen molar-refractivity contribution < 1.29 is 19.1 Å². The minimum absolute atomic E-state index is 0.195. The van der Waals surface area contributed by atoms with Crippen LogP contribution < -0.4 is 15.4 Å². The van der Waals surface area contributed by atoms with E-state index in [0.717, 1.165) is 42.6 Å². The second-order valence-corrected chi connectivity index (χ2v) is 7.84. The van der Waals surface area contributed by atoms with E-state index in [0.29, 0.717) is 17.2 Å². The average molecular weight is 417 g/mol. The van der Waals surface area contributed by atoms with E-state index in [1.165, 1.54) is 17.8 Å². The van der Waals surface area contributed by atoms with Gasteiger partial charge in [0.2, 0.25) is 0 Å². The molecular formula is C22H28N2O4S.